The summed E-state index contributed by atoms with van der Waals surface area (Å²) in [7, 11) is 0. The van der Waals surface area contributed by atoms with Crippen LogP contribution in [0, 0.1) is 0 Å². The molecule has 0 unspecified atom stereocenters. The Morgan fingerprint density at radius 2 is 2.12 bits per heavy atom. The van der Waals surface area contributed by atoms with Gasteiger partial charge in [0.2, 0.25) is 0 Å². The van der Waals surface area contributed by atoms with Crippen molar-refractivity contribution in [1.82, 2.24) is 20.4 Å². The maximum atomic E-state index is 13.0. The molecule has 0 saturated carbocycles. The molecule has 0 spiro atoms. The Balaban J connectivity index is 1.72. The summed E-state index contributed by atoms with van der Waals surface area (Å²) in [6.07, 6.45) is 2.23. The van der Waals surface area contributed by atoms with Crippen molar-refractivity contribution in [3.05, 3.63) is 17.0 Å². The predicted molar refractivity (Wildman–Crippen MR) is 94.5 cm³/mol. The molecule has 3 heterocycles. The Bertz CT molecular complexity index is 620. The zero-order valence-corrected chi connectivity index (χ0v) is 15.6. The molecule has 25 heavy (non-hydrogen) atoms. The van der Waals surface area contributed by atoms with Crippen LogP contribution in [0.15, 0.2) is 0 Å². The zero-order chi connectivity index (χ0) is 18.2. The lowest BCUT2D eigenvalue weighted by molar-refractivity contribution is -0.00705. The molecular formula is C18H30N4O3. The van der Waals surface area contributed by atoms with E-state index in [2.05, 4.69) is 29.4 Å². The van der Waals surface area contributed by atoms with E-state index in [4.69, 9.17) is 4.74 Å². The first-order valence-corrected chi connectivity index (χ1v) is 9.25. The summed E-state index contributed by atoms with van der Waals surface area (Å²) in [5.41, 5.74) is 2.16. The summed E-state index contributed by atoms with van der Waals surface area (Å²) in [5, 5.41) is 20.6. The van der Waals surface area contributed by atoms with Crippen molar-refractivity contribution in [2.45, 2.75) is 70.7 Å². The average Bonchev–Trinajstić information content (AvgIpc) is 2.98. The van der Waals surface area contributed by atoms with E-state index in [0.29, 0.717) is 31.2 Å². The molecule has 1 amide bonds. The largest absolute Gasteiger partial charge is 0.394 e. The van der Waals surface area contributed by atoms with E-state index in [-0.39, 0.29) is 30.3 Å². The number of aliphatic hydroxyl groups excluding tert-OH is 1. The van der Waals surface area contributed by atoms with E-state index in [9.17, 15) is 9.90 Å². The van der Waals surface area contributed by atoms with Crippen LogP contribution in [0.2, 0.25) is 0 Å². The number of H-pyrrole nitrogens is 1. The standard InChI is InChI=1S/C18H30N4O3/c1-11(2)19-18(10-23)5-7-22(8-6-18)17(24)16-14-9-12(3)25-13(4)15(14)20-21-16/h11-13,19,23H,5-10H2,1-4H3,(H,20,21)/t12-,13+/m0/s1. The van der Waals surface area contributed by atoms with Crippen molar-refractivity contribution in [2.24, 2.45) is 0 Å². The lowest BCUT2D eigenvalue weighted by atomic mass is 9.87. The third-order valence-electron chi connectivity index (χ3n) is 5.34. The Morgan fingerprint density at radius 1 is 1.44 bits per heavy atom. The van der Waals surface area contributed by atoms with Crippen LogP contribution in [0.25, 0.3) is 0 Å². The van der Waals surface area contributed by atoms with Crippen LogP contribution >= 0.6 is 0 Å². The summed E-state index contributed by atoms with van der Waals surface area (Å²) in [6.45, 7) is 9.51. The first-order chi connectivity index (χ1) is 11.8. The van der Waals surface area contributed by atoms with E-state index in [1.54, 1.807) is 0 Å². The molecule has 2 aliphatic rings. The number of carbonyl (C=O) groups excluding carboxylic acids is 1. The molecule has 7 heteroatoms. The Morgan fingerprint density at radius 3 is 2.72 bits per heavy atom. The molecule has 0 radical (unpaired) electrons. The second-order valence-electron chi connectivity index (χ2n) is 7.79. The summed E-state index contributed by atoms with van der Waals surface area (Å²) in [6, 6.07) is 0.302. The summed E-state index contributed by atoms with van der Waals surface area (Å²) in [5.74, 6) is -0.0186. The second kappa shape index (κ2) is 7.05. The van der Waals surface area contributed by atoms with Crippen molar-refractivity contribution in [3.63, 3.8) is 0 Å². The normalized spacial score (nSPS) is 25.9. The van der Waals surface area contributed by atoms with Crippen molar-refractivity contribution in [2.75, 3.05) is 19.7 Å². The molecule has 2 atom stereocenters. The monoisotopic (exact) mass is 350 g/mol. The minimum absolute atomic E-state index is 0.0186. The Labute approximate surface area is 149 Å². The number of amides is 1. The molecule has 2 aliphatic heterocycles. The highest BCUT2D eigenvalue weighted by molar-refractivity contribution is 5.94. The molecular weight excluding hydrogens is 320 g/mol. The number of aliphatic hydroxyl groups is 1. The zero-order valence-electron chi connectivity index (χ0n) is 15.6. The molecule has 1 fully saturated rings. The third-order valence-corrected chi connectivity index (χ3v) is 5.34. The van der Waals surface area contributed by atoms with Crippen LogP contribution in [-0.4, -0.2) is 63.5 Å². The van der Waals surface area contributed by atoms with Crippen LogP contribution in [0.1, 0.15) is 68.4 Å². The Kier molecular flexibility index (Phi) is 5.18. The van der Waals surface area contributed by atoms with Crippen molar-refractivity contribution >= 4 is 5.91 Å². The number of hydrogen-bond donors (Lipinski definition) is 3. The average molecular weight is 350 g/mol. The number of ether oxygens (including phenoxy) is 1. The first kappa shape index (κ1) is 18.4. The van der Waals surface area contributed by atoms with Crippen molar-refractivity contribution in [1.29, 1.82) is 0 Å². The molecule has 1 aromatic heterocycles. The van der Waals surface area contributed by atoms with Gasteiger partial charge in [-0.3, -0.25) is 9.89 Å². The quantitative estimate of drug-likeness (QED) is 0.764. The molecule has 1 saturated heterocycles. The van der Waals surface area contributed by atoms with Gasteiger partial charge in [-0.05, 0) is 26.7 Å². The number of likely N-dealkylation sites (tertiary alicyclic amines) is 1. The topological polar surface area (TPSA) is 90.5 Å². The highest BCUT2D eigenvalue weighted by Gasteiger charge is 2.38. The number of aromatic amines is 1. The fourth-order valence-electron chi connectivity index (χ4n) is 4.10. The van der Waals surface area contributed by atoms with Gasteiger partial charge in [0.05, 0.1) is 24.5 Å². The van der Waals surface area contributed by atoms with Crippen molar-refractivity contribution < 1.29 is 14.6 Å². The SMILES string of the molecule is CC(C)NC1(CO)CCN(C(=O)c2n[nH]c3c2C[C@H](C)O[C@@H]3C)CC1. The maximum absolute atomic E-state index is 13.0. The number of hydrogen-bond acceptors (Lipinski definition) is 5. The van der Waals surface area contributed by atoms with Gasteiger partial charge in [0.15, 0.2) is 5.69 Å². The van der Waals surface area contributed by atoms with Gasteiger partial charge in [-0.1, -0.05) is 13.8 Å². The van der Waals surface area contributed by atoms with E-state index < -0.39 is 0 Å². The van der Waals surface area contributed by atoms with Crippen LogP contribution in [-0.2, 0) is 11.2 Å². The number of rotatable bonds is 4. The summed E-state index contributed by atoms with van der Waals surface area (Å²) in [4.78, 5) is 14.8. The lowest BCUT2D eigenvalue weighted by Crippen LogP contribution is -2.58. The molecule has 3 N–H and O–H groups in total. The van der Waals surface area contributed by atoms with Gasteiger partial charge in [0, 0.05) is 36.7 Å². The van der Waals surface area contributed by atoms with Gasteiger partial charge in [-0.25, -0.2) is 0 Å². The molecule has 7 nitrogen and oxygen atoms in total. The van der Waals surface area contributed by atoms with Gasteiger partial charge in [-0.2, -0.15) is 5.10 Å². The Hall–Kier alpha value is -1.44. The molecule has 0 bridgehead atoms. The lowest BCUT2D eigenvalue weighted by Gasteiger charge is -2.42. The molecule has 1 aromatic rings. The van der Waals surface area contributed by atoms with E-state index in [1.165, 1.54) is 0 Å². The number of nitrogens with one attached hydrogen (secondary N) is 2. The molecule has 3 rings (SSSR count). The summed E-state index contributed by atoms with van der Waals surface area (Å²) >= 11 is 0. The minimum atomic E-state index is -0.285. The van der Waals surface area contributed by atoms with E-state index in [0.717, 1.165) is 24.1 Å². The van der Waals surface area contributed by atoms with Crippen LogP contribution in [0.4, 0.5) is 0 Å². The first-order valence-electron chi connectivity index (χ1n) is 9.25. The van der Waals surface area contributed by atoms with Gasteiger partial charge in [0.25, 0.3) is 5.91 Å². The second-order valence-corrected chi connectivity index (χ2v) is 7.79. The minimum Gasteiger partial charge on any atom is -0.394 e. The molecule has 0 aliphatic carbocycles. The summed E-state index contributed by atoms with van der Waals surface area (Å²) < 4.78 is 5.80. The fraction of sp³-hybridized carbons (Fsp3) is 0.778. The molecule has 140 valence electrons. The van der Waals surface area contributed by atoms with E-state index >= 15 is 0 Å². The van der Waals surface area contributed by atoms with Gasteiger partial charge in [-0.15, -0.1) is 0 Å². The number of aromatic nitrogens is 2. The van der Waals surface area contributed by atoms with Gasteiger partial charge >= 0.3 is 0 Å². The van der Waals surface area contributed by atoms with Gasteiger partial charge < -0.3 is 20.1 Å². The van der Waals surface area contributed by atoms with Gasteiger partial charge in [0.1, 0.15) is 0 Å². The fourth-order valence-corrected chi connectivity index (χ4v) is 4.10. The smallest absolute Gasteiger partial charge is 0.274 e. The number of carbonyl (C=O) groups is 1. The highest BCUT2D eigenvalue weighted by Crippen LogP contribution is 2.31. The van der Waals surface area contributed by atoms with Crippen LogP contribution < -0.4 is 5.32 Å². The predicted octanol–water partition coefficient (Wildman–Crippen LogP) is 1.40. The molecule has 0 aromatic carbocycles. The van der Waals surface area contributed by atoms with Crippen LogP contribution in [0.5, 0.6) is 0 Å². The highest BCUT2D eigenvalue weighted by atomic mass is 16.5. The van der Waals surface area contributed by atoms with Crippen molar-refractivity contribution in [3.8, 4) is 0 Å². The number of nitrogens with zero attached hydrogens (tertiary/aromatic N) is 2. The number of piperidine rings is 1. The third kappa shape index (κ3) is 3.59. The van der Waals surface area contributed by atoms with Crippen LogP contribution in [0.3, 0.4) is 0 Å². The van der Waals surface area contributed by atoms with E-state index in [1.807, 2.05) is 18.7 Å². The maximum Gasteiger partial charge on any atom is 0.274 e. The number of fused-ring (bicyclic) bond motifs is 1.